The highest BCUT2D eigenvalue weighted by molar-refractivity contribution is 6.31. The standard InChI is InChI=1S/C15H12Cl2FNO2/c16-11-1-2-14(13(18)5-11)19-6-9-3-12(17)4-10-7-20-8-21-15(9)10/h1-5,19H,6-8H2. The second kappa shape index (κ2) is 6.10. The first-order valence-corrected chi connectivity index (χ1v) is 7.10. The fourth-order valence-electron chi connectivity index (χ4n) is 2.21. The predicted octanol–water partition coefficient (Wildman–Crippen LogP) is 4.61. The third-order valence-electron chi connectivity index (χ3n) is 3.15. The second-order valence-electron chi connectivity index (χ2n) is 4.64. The summed E-state index contributed by atoms with van der Waals surface area (Å²) in [6.45, 7) is 1.05. The van der Waals surface area contributed by atoms with Gasteiger partial charge in [0.1, 0.15) is 11.6 Å². The van der Waals surface area contributed by atoms with Gasteiger partial charge in [-0.2, -0.15) is 0 Å². The van der Waals surface area contributed by atoms with Crippen LogP contribution in [0.2, 0.25) is 10.0 Å². The minimum Gasteiger partial charge on any atom is -0.467 e. The molecule has 0 amide bonds. The lowest BCUT2D eigenvalue weighted by atomic mass is 10.1. The highest BCUT2D eigenvalue weighted by Gasteiger charge is 2.16. The highest BCUT2D eigenvalue weighted by atomic mass is 35.5. The molecule has 0 unspecified atom stereocenters. The third-order valence-corrected chi connectivity index (χ3v) is 3.61. The van der Waals surface area contributed by atoms with Gasteiger partial charge in [-0.1, -0.05) is 23.2 Å². The molecule has 0 aromatic heterocycles. The van der Waals surface area contributed by atoms with Gasteiger partial charge in [-0.3, -0.25) is 0 Å². The highest BCUT2D eigenvalue weighted by Crippen LogP contribution is 2.32. The first-order valence-electron chi connectivity index (χ1n) is 6.34. The van der Waals surface area contributed by atoms with E-state index in [2.05, 4.69) is 5.32 Å². The van der Waals surface area contributed by atoms with Gasteiger partial charge in [0, 0.05) is 27.7 Å². The van der Waals surface area contributed by atoms with Crippen molar-refractivity contribution in [2.45, 2.75) is 13.2 Å². The number of hydrogen-bond donors (Lipinski definition) is 1. The van der Waals surface area contributed by atoms with Crippen molar-refractivity contribution >= 4 is 28.9 Å². The van der Waals surface area contributed by atoms with Crippen molar-refractivity contribution < 1.29 is 13.9 Å². The Morgan fingerprint density at radius 3 is 2.81 bits per heavy atom. The summed E-state index contributed by atoms with van der Waals surface area (Å²) in [5.74, 6) is 0.343. The average Bonchev–Trinajstić information content (AvgIpc) is 2.46. The molecule has 3 rings (SSSR count). The first kappa shape index (κ1) is 14.4. The number of anilines is 1. The first-order chi connectivity index (χ1) is 10.1. The minimum absolute atomic E-state index is 0.205. The zero-order valence-corrected chi connectivity index (χ0v) is 12.5. The van der Waals surface area contributed by atoms with Crippen LogP contribution in [0.1, 0.15) is 11.1 Å². The zero-order chi connectivity index (χ0) is 14.8. The predicted molar refractivity (Wildman–Crippen MR) is 80.5 cm³/mol. The molecular formula is C15H12Cl2FNO2. The zero-order valence-electron chi connectivity index (χ0n) is 11.0. The van der Waals surface area contributed by atoms with E-state index in [1.54, 1.807) is 18.2 Å². The van der Waals surface area contributed by atoms with Crippen molar-refractivity contribution in [2.75, 3.05) is 12.1 Å². The molecule has 2 aromatic rings. The number of halogens is 3. The molecule has 6 heteroatoms. The molecule has 0 atom stereocenters. The van der Waals surface area contributed by atoms with Crippen LogP contribution in [-0.2, 0) is 17.9 Å². The number of nitrogens with one attached hydrogen (secondary N) is 1. The van der Waals surface area contributed by atoms with Gasteiger partial charge in [0.15, 0.2) is 6.79 Å². The molecule has 0 saturated carbocycles. The van der Waals surface area contributed by atoms with Crippen LogP contribution in [0, 0.1) is 5.82 Å². The van der Waals surface area contributed by atoms with Crippen molar-refractivity contribution in [3.05, 3.63) is 57.3 Å². The van der Waals surface area contributed by atoms with Crippen molar-refractivity contribution in [1.29, 1.82) is 0 Å². The fourth-order valence-corrected chi connectivity index (χ4v) is 2.63. The summed E-state index contributed by atoms with van der Waals surface area (Å²) in [5.41, 5.74) is 2.12. The van der Waals surface area contributed by atoms with Crippen molar-refractivity contribution in [3.63, 3.8) is 0 Å². The third kappa shape index (κ3) is 3.23. The molecule has 3 nitrogen and oxygen atoms in total. The lowest BCUT2D eigenvalue weighted by molar-refractivity contribution is -0.0169. The summed E-state index contributed by atoms with van der Waals surface area (Å²) in [5, 5.41) is 3.97. The Morgan fingerprint density at radius 2 is 2.00 bits per heavy atom. The molecule has 0 bridgehead atoms. The van der Waals surface area contributed by atoms with E-state index in [0.29, 0.717) is 28.9 Å². The molecule has 1 heterocycles. The smallest absolute Gasteiger partial charge is 0.189 e. The Labute approximate surface area is 131 Å². The number of ether oxygens (including phenoxy) is 2. The summed E-state index contributed by atoms with van der Waals surface area (Å²) in [6, 6.07) is 8.10. The molecule has 0 saturated heterocycles. The maximum absolute atomic E-state index is 13.7. The van der Waals surface area contributed by atoms with Crippen molar-refractivity contribution in [2.24, 2.45) is 0 Å². The largest absolute Gasteiger partial charge is 0.467 e. The Bertz CT molecular complexity index is 679. The Morgan fingerprint density at radius 1 is 1.14 bits per heavy atom. The van der Waals surface area contributed by atoms with Crippen LogP contribution in [0.25, 0.3) is 0 Å². The number of hydrogen-bond acceptors (Lipinski definition) is 3. The quantitative estimate of drug-likeness (QED) is 0.892. The fraction of sp³-hybridized carbons (Fsp3) is 0.200. The molecule has 21 heavy (non-hydrogen) atoms. The van der Waals surface area contributed by atoms with E-state index in [1.165, 1.54) is 6.07 Å². The van der Waals surface area contributed by atoms with E-state index in [0.717, 1.165) is 16.9 Å². The minimum atomic E-state index is -0.400. The number of fused-ring (bicyclic) bond motifs is 1. The monoisotopic (exact) mass is 327 g/mol. The molecule has 1 aliphatic heterocycles. The summed E-state index contributed by atoms with van der Waals surface area (Å²) in [7, 11) is 0. The van der Waals surface area contributed by atoms with Crippen LogP contribution >= 0.6 is 23.2 Å². The average molecular weight is 328 g/mol. The van der Waals surface area contributed by atoms with Gasteiger partial charge in [0.25, 0.3) is 0 Å². The van der Waals surface area contributed by atoms with Crippen LogP contribution in [0.4, 0.5) is 10.1 Å². The van der Waals surface area contributed by atoms with Crippen LogP contribution in [-0.4, -0.2) is 6.79 Å². The van der Waals surface area contributed by atoms with Crippen molar-refractivity contribution in [1.82, 2.24) is 0 Å². The van der Waals surface area contributed by atoms with Gasteiger partial charge >= 0.3 is 0 Å². The van der Waals surface area contributed by atoms with E-state index in [-0.39, 0.29) is 6.79 Å². The summed E-state index contributed by atoms with van der Waals surface area (Å²) < 4.78 is 24.5. The number of benzene rings is 2. The molecule has 0 radical (unpaired) electrons. The summed E-state index contributed by atoms with van der Waals surface area (Å²) in [6.07, 6.45) is 0. The van der Waals surface area contributed by atoms with Gasteiger partial charge in [-0.25, -0.2) is 4.39 Å². The Kier molecular flexibility index (Phi) is 4.19. The van der Waals surface area contributed by atoms with Gasteiger partial charge in [-0.15, -0.1) is 0 Å². The second-order valence-corrected chi connectivity index (χ2v) is 5.51. The molecule has 0 aliphatic carbocycles. The van der Waals surface area contributed by atoms with Crippen LogP contribution < -0.4 is 10.1 Å². The summed E-state index contributed by atoms with van der Waals surface area (Å²) >= 11 is 11.8. The lowest BCUT2D eigenvalue weighted by Crippen LogP contribution is -2.14. The lowest BCUT2D eigenvalue weighted by Gasteiger charge is -2.21. The molecule has 0 spiro atoms. The van der Waals surface area contributed by atoms with Gasteiger partial charge in [-0.05, 0) is 30.3 Å². The topological polar surface area (TPSA) is 30.5 Å². The Hall–Kier alpha value is -1.49. The van der Waals surface area contributed by atoms with Crippen LogP contribution in [0.5, 0.6) is 5.75 Å². The van der Waals surface area contributed by atoms with Crippen LogP contribution in [0.3, 0.4) is 0 Å². The normalized spacial score (nSPS) is 13.5. The van der Waals surface area contributed by atoms with Gasteiger partial charge in [0.05, 0.1) is 12.3 Å². The van der Waals surface area contributed by atoms with E-state index >= 15 is 0 Å². The van der Waals surface area contributed by atoms with E-state index in [9.17, 15) is 4.39 Å². The van der Waals surface area contributed by atoms with Gasteiger partial charge < -0.3 is 14.8 Å². The van der Waals surface area contributed by atoms with E-state index < -0.39 is 5.82 Å². The molecule has 1 aliphatic rings. The molecule has 0 fully saturated rings. The SMILES string of the molecule is Fc1cc(Cl)ccc1NCc1cc(Cl)cc2c1OCOC2. The van der Waals surface area contributed by atoms with Crippen LogP contribution in [0.15, 0.2) is 30.3 Å². The maximum atomic E-state index is 13.7. The molecule has 2 aromatic carbocycles. The molecule has 1 N–H and O–H groups in total. The molecular weight excluding hydrogens is 316 g/mol. The number of rotatable bonds is 3. The maximum Gasteiger partial charge on any atom is 0.189 e. The van der Waals surface area contributed by atoms with E-state index in [4.69, 9.17) is 32.7 Å². The van der Waals surface area contributed by atoms with Crippen molar-refractivity contribution in [3.8, 4) is 5.75 Å². The summed E-state index contributed by atoms with van der Waals surface area (Å²) in [4.78, 5) is 0. The Balaban J connectivity index is 1.83. The van der Waals surface area contributed by atoms with E-state index in [1.807, 2.05) is 6.07 Å². The molecule has 110 valence electrons. The van der Waals surface area contributed by atoms with Gasteiger partial charge in [0.2, 0.25) is 0 Å².